The van der Waals surface area contributed by atoms with Gasteiger partial charge >= 0.3 is 5.97 Å². The largest absolute Gasteiger partial charge is 0.466 e. The van der Waals surface area contributed by atoms with Crippen LogP contribution < -0.4 is 5.32 Å². The van der Waals surface area contributed by atoms with Crippen LogP contribution in [0.5, 0.6) is 0 Å². The molecule has 3 aromatic rings. The van der Waals surface area contributed by atoms with Gasteiger partial charge in [0.2, 0.25) is 0 Å². The minimum Gasteiger partial charge on any atom is -0.466 e. The highest BCUT2D eigenvalue weighted by Gasteiger charge is 2.12. The van der Waals surface area contributed by atoms with E-state index < -0.39 is 5.97 Å². The first-order valence-corrected chi connectivity index (χ1v) is 11.2. The summed E-state index contributed by atoms with van der Waals surface area (Å²) in [6, 6.07) is 11.9. The van der Waals surface area contributed by atoms with Crippen LogP contribution in [0.3, 0.4) is 0 Å². The molecule has 0 radical (unpaired) electrons. The fourth-order valence-corrected chi connectivity index (χ4v) is 3.18. The lowest BCUT2D eigenvalue weighted by Crippen LogP contribution is -1.93. The fourth-order valence-electron chi connectivity index (χ4n) is 2.27. The van der Waals surface area contributed by atoms with Crippen LogP contribution in [-0.4, -0.2) is 29.7 Å². The molecule has 1 atom stereocenters. The number of aromatic nitrogens is 2. The van der Waals surface area contributed by atoms with Gasteiger partial charge in [-0.3, -0.25) is 4.98 Å². The molecule has 0 aliphatic carbocycles. The lowest BCUT2D eigenvalue weighted by Gasteiger charge is -2.02. The highest BCUT2D eigenvalue weighted by atomic mass is 32.1. The molecule has 29 heavy (non-hydrogen) atoms. The molecule has 0 saturated carbocycles. The molecule has 1 aromatic carbocycles. The van der Waals surface area contributed by atoms with Crippen LogP contribution >= 0.6 is 20.6 Å². The van der Waals surface area contributed by atoms with Crippen LogP contribution in [0.2, 0.25) is 0 Å². The molecule has 1 unspecified atom stereocenters. The Bertz CT molecular complexity index is 911. The van der Waals surface area contributed by atoms with Gasteiger partial charge in [0.05, 0.1) is 17.7 Å². The second kappa shape index (κ2) is 13.6. The summed E-state index contributed by atoms with van der Waals surface area (Å²) in [5.74, 6) is -0.401. The lowest BCUT2D eigenvalue weighted by atomic mass is 10.2. The molecule has 0 amide bonds. The number of aryl methyl sites for hydroxylation is 1. The van der Waals surface area contributed by atoms with Crippen LogP contribution in [0.4, 0.5) is 10.8 Å². The van der Waals surface area contributed by atoms with Gasteiger partial charge in [-0.15, -0.1) is 9.24 Å². The molecule has 5 nitrogen and oxygen atoms in total. The number of anilines is 2. The molecule has 0 bridgehead atoms. The Morgan fingerprint density at radius 3 is 2.48 bits per heavy atom. The molecule has 1 N–H and O–H groups in total. The van der Waals surface area contributed by atoms with Gasteiger partial charge in [-0.05, 0) is 42.8 Å². The van der Waals surface area contributed by atoms with E-state index in [0.717, 1.165) is 27.0 Å². The van der Waals surface area contributed by atoms with Crippen molar-refractivity contribution < 1.29 is 9.53 Å². The van der Waals surface area contributed by atoms with Crippen LogP contribution in [0, 0.1) is 6.92 Å². The van der Waals surface area contributed by atoms with E-state index in [0.29, 0.717) is 0 Å². The maximum absolute atomic E-state index is 11.4. The van der Waals surface area contributed by atoms with Crippen molar-refractivity contribution in [1.82, 2.24) is 9.97 Å². The van der Waals surface area contributed by atoms with Gasteiger partial charge in [-0.1, -0.05) is 44.0 Å². The van der Waals surface area contributed by atoms with Crippen LogP contribution in [0.25, 0.3) is 17.3 Å². The zero-order valence-corrected chi connectivity index (χ0v) is 19.4. The predicted molar refractivity (Wildman–Crippen MR) is 128 cm³/mol. The lowest BCUT2D eigenvalue weighted by molar-refractivity contribution is -0.134. The van der Waals surface area contributed by atoms with E-state index in [1.54, 1.807) is 18.5 Å². The Kier molecular flexibility index (Phi) is 11.5. The van der Waals surface area contributed by atoms with Gasteiger partial charge in [0, 0.05) is 29.7 Å². The van der Waals surface area contributed by atoms with Crippen LogP contribution in [0.15, 0.2) is 54.9 Å². The molecular weight excluding hydrogens is 401 g/mol. The fraction of sp³-hybridized carbons (Fsp3) is 0.227. The maximum Gasteiger partial charge on any atom is 0.330 e. The number of esters is 1. The number of nitrogens with zero attached hydrogens (tertiary/aromatic N) is 2. The molecule has 0 fully saturated rings. The SMILES string of the molecule is CC.COC(=O)/C=C/c1sc(Nc2cccc(C)c2)nc1-c1ccncc1.CP. The van der Waals surface area contributed by atoms with Crippen molar-refractivity contribution in [2.45, 2.75) is 20.8 Å². The van der Waals surface area contributed by atoms with Gasteiger partial charge in [-0.2, -0.15) is 0 Å². The van der Waals surface area contributed by atoms with E-state index in [-0.39, 0.29) is 0 Å². The Labute approximate surface area is 179 Å². The van der Waals surface area contributed by atoms with Crippen molar-refractivity contribution in [2.75, 3.05) is 19.1 Å². The Hall–Kier alpha value is -2.56. The molecule has 0 saturated heterocycles. The van der Waals surface area contributed by atoms with Gasteiger partial charge in [-0.25, -0.2) is 9.78 Å². The third kappa shape index (κ3) is 7.76. The number of carbonyl (C=O) groups is 1. The number of benzene rings is 1. The van der Waals surface area contributed by atoms with E-state index in [1.165, 1.54) is 30.1 Å². The van der Waals surface area contributed by atoms with Gasteiger partial charge in [0.1, 0.15) is 0 Å². The number of hydrogen-bond donors (Lipinski definition) is 1. The van der Waals surface area contributed by atoms with Crippen molar-refractivity contribution in [1.29, 1.82) is 0 Å². The molecule has 0 aliphatic rings. The quantitative estimate of drug-likeness (QED) is 0.308. The number of carbonyl (C=O) groups excluding carboxylic acids is 1. The molecule has 154 valence electrons. The number of hydrogen-bond acceptors (Lipinski definition) is 6. The summed E-state index contributed by atoms with van der Waals surface area (Å²) in [6.45, 7) is 7.96. The first-order valence-electron chi connectivity index (χ1n) is 9.24. The average Bonchev–Trinajstić information content (AvgIpc) is 3.18. The molecule has 3 rings (SSSR count). The summed E-state index contributed by atoms with van der Waals surface area (Å²) in [6.07, 6.45) is 6.56. The molecule has 7 heteroatoms. The summed E-state index contributed by atoms with van der Waals surface area (Å²) >= 11 is 1.47. The number of methoxy groups -OCH3 is 1. The number of ether oxygens (including phenoxy) is 1. The average molecular weight is 430 g/mol. The number of rotatable bonds is 5. The maximum atomic E-state index is 11.4. The third-order valence-corrected chi connectivity index (χ3v) is 4.38. The normalized spacial score (nSPS) is 9.72. The zero-order valence-electron chi connectivity index (χ0n) is 17.5. The van der Waals surface area contributed by atoms with Gasteiger partial charge in [0.25, 0.3) is 0 Å². The van der Waals surface area contributed by atoms with Crippen molar-refractivity contribution in [2.24, 2.45) is 0 Å². The molecular formula is C22H28N3O2PS. The second-order valence-electron chi connectivity index (χ2n) is 5.32. The molecule has 0 aliphatic heterocycles. The Balaban J connectivity index is 0.000000989. The summed E-state index contributed by atoms with van der Waals surface area (Å²) in [5, 5.41) is 4.07. The van der Waals surface area contributed by atoms with Gasteiger partial charge in [0.15, 0.2) is 5.13 Å². The molecule has 0 spiro atoms. The number of pyridine rings is 1. The minimum atomic E-state index is -0.401. The topological polar surface area (TPSA) is 64.1 Å². The zero-order chi connectivity index (χ0) is 21.6. The minimum absolute atomic E-state index is 0.401. The second-order valence-corrected chi connectivity index (χ2v) is 6.35. The summed E-state index contributed by atoms with van der Waals surface area (Å²) < 4.78 is 4.67. The highest BCUT2D eigenvalue weighted by molar-refractivity contribution is 7.17. The third-order valence-electron chi connectivity index (χ3n) is 3.45. The van der Waals surface area contributed by atoms with Crippen molar-refractivity contribution in [3.63, 3.8) is 0 Å². The summed E-state index contributed by atoms with van der Waals surface area (Å²) in [5.41, 5.74) is 3.87. The van der Waals surface area contributed by atoms with Crippen molar-refractivity contribution >= 4 is 43.4 Å². The smallest absolute Gasteiger partial charge is 0.330 e. The van der Waals surface area contributed by atoms with Crippen molar-refractivity contribution in [3.05, 3.63) is 65.3 Å². The van der Waals surface area contributed by atoms with E-state index in [2.05, 4.69) is 35.3 Å². The Morgan fingerprint density at radius 2 is 1.86 bits per heavy atom. The monoisotopic (exact) mass is 429 g/mol. The van der Waals surface area contributed by atoms with Gasteiger partial charge < -0.3 is 10.1 Å². The first kappa shape index (κ1) is 24.5. The molecule has 2 aromatic heterocycles. The Morgan fingerprint density at radius 1 is 1.17 bits per heavy atom. The number of nitrogens with one attached hydrogen (secondary N) is 1. The van der Waals surface area contributed by atoms with Crippen LogP contribution in [0.1, 0.15) is 24.3 Å². The van der Waals surface area contributed by atoms with E-state index in [1.807, 2.05) is 57.8 Å². The highest BCUT2D eigenvalue weighted by Crippen LogP contribution is 2.33. The first-order chi connectivity index (χ1) is 14.2. The van der Waals surface area contributed by atoms with Crippen LogP contribution in [-0.2, 0) is 9.53 Å². The van der Waals surface area contributed by atoms with E-state index >= 15 is 0 Å². The standard InChI is InChI=1S/C19H17N3O2S.C2H6.CH5P/c1-13-4-3-5-15(12-13)21-19-22-18(14-8-10-20-11-9-14)16(25-19)6-7-17(23)24-2;2*1-2/h3-12H,1-2H3,(H,21,22);1-2H3;2H2,1H3/b7-6+;;. The summed E-state index contributed by atoms with van der Waals surface area (Å²) in [7, 11) is 3.77. The number of thiazole rings is 1. The van der Waals surface area contributed by atoms with E-state index in [4.69, 9.17) is 0 Å². The van der Waals surface area contributed by atoms with Crippen molar-refractivity contribution in [3.8, 4) is 11.3 Å². The summed E-state index contributed by atoms with van der Waals surface area (Å²) in [4.78, 5) is 21.0. The molecule has 2 heterocycles. The predicted octanol–water partition coefficient (Wildman–Crippen LogP) is 5.96. The van der Waals surface area contributed by atoms with E-state index in [9.17, 15) is 4.79 Å².